The maximum absolute atomic E-state index is 12.5. The number of likely N-dealkylation sites (N-methyl/N-ethyl adjacent to an activating group) is 1. The second kappa shape index (κ2) is 6.82. The summed E-state index contributed by atoms with van der Waals surface area (Å²) in [5.74, 6) is 0.678. The Kier molecular flexibility index (Phi) is 5.08. The molecule has 1 amide bonds. The Morgan fingerprint density at radius 3 is 2.52 bits per heavy atom. The van der Waals surface area contributed by atoms with Gasteiger partial charge in [-0.15, -0.1) is 0 Å². The van der Waals surface area contributed by atoms with E-state index in [0.29, 0.717) is 17.2 Å². The quantitative estimate of drug-likeness (QED) is 0.843. The van der Waals surface area contributed by atoms with Gasteiger partial charge in [0.2, 0.25) is 0 Å². The fourth-order valence-corrected chi connectivity index (χ4v) is 2.14. The Morgan fingerprint density at radius 2 is 1.95 bits per heavy atom. The molecule has 2 rings (SSSR count). The number of piperazine rings is 1. The van der Waals surface area contributed by atoms with Crippen molar-refractivity contribution in [1.29, 1.82) is 0 Å². The largest absolute Gasteiger partial charge is 0.385 e. The van der Waals surface area contributed by atoms with Gasteiger partial charge >= 0.3 is 0 Å². The topological polar surface area (TPSA) is 73.4 Å². The van der Waals surface area contributed by atoms with Gasteiger partial charge in [-0.05, 0) is 7.05 Å². The minimum Gasteiger partial charge on any atom is -0.385 e. The van der Waals surface area contributed by atoms with Crippen LogP contribution < -0.4 is 10.7 Å². The van der Waals surface area contributed by atoms with Crippen LogP contribution in [0.1, 0.15) is 36.1 Å². The Labute approximate surface area is 125 Å². The van der Waals surface area contributed by atoms with Gasteiger partial charge in [-0.2, -0.15) is 0 Å². The highest BCUT2D eigenvalue weighted by atomic mass is 16.2. The number of carbonyl (C=O) groups excluding carboxylic acids is 1. The minimum atomic E-state index is -0.187. The highest BCUT2D eigenvalue weighted by molar-refractivity contribution is 5.97. The molecule has 1 aliphatic rings. The smallest absolute Gasteiger partial charge is 0.286 e. The van der Waals surface area contributed by atoms with Crippen molar-refractivity contribution in [1.82, 2.24) is 25.3 Å². The van der Waals surface area contributed by atoms with Gasteiger partial charge in [0.25, 0.3) is 5.91 Å². The molecule has 0 aromatic carbocycles. The summed E-state index contributed by atoms with van der Waals surface area (Å²) in [6.45, 7) is 7.55. The van der Waals surface area contributed by atoms with Crippen LogP contribution in [-0.4, -0.2) is 66.1 Å². The molecular weight excluding hydrogens is 268 g/mol. The highest BCUT2D eigenvalue weighted by Crippen LogP contribution is 2.16. The molecule has 0 radical (unpaired) electrons. The SMILES string of the molecule is CNc1cnc(C(C)C)nc1C(=O)NN1CCN(C)CC1. The summed E-state index contributed by atoms with van der Waals surface area (Å²) in [5, 5.41) is 4.92. The molecule has 1 saturated heterocycles. The second-order valence-corrected chi connectivity index (χ2v) is 5.63. The van der Waals surface area contributed by atoms with Crippen LogP contribution in [0.3, 0.4) is 0 Å². The predicted octanol–water partition coefficient (Wildman–Crippen LogP) is 0.534. The van der Waals surface area contributed by atoms with Crippen LogP contribution in [0, 0.1) is 0 Å². The molecule has 2 heterocycles. The predicted molar refractivity (Wildman–Crippen MR) is 82.2 cm³/mol. The third-order valence-corrected chi connectivity index (χ3v) is 3.57. The molecule has 0 aliphatic carbocycles. The highest BCUT2D eigenvalue weighted by Gasteiger charge is 2.20. The molecule has 7 heteroatoms. The lowest BCUT2D eigenvalue weighted by atomic mass is 10.2. The molecule has 0 atom stereocenters. The van der Waals surface area contributed by atoms with Crippen molar-refractivity contribution in [2.24, 2.45) is 0 Å². The van der Waals surface area contributed by atoms with Crippen molar-refractivity contribution in [3.63, 3.8) is 0 Å². The molecule has 116 valence electrons. The number of anilines is 1. The van der Waals surface area contributed by atoms with E-state index in [1.807, 2.05) is 18.9 Å². The standard InChI is InChI=1S/C14H24N6O/c1-10(2)13-16-9-11(15-3)12(17-13)14(21)18-20-7-5-19(4)6-8-20/h9-10,15H,5-8H2,1-4H3,(H,18,21). The molecule has 1 aromatic heterocycles. The number of nitrogens with zero attached hydrogens (tertiary/aromatic N) is 4. The van der Waals surface area contributed by atoms with Crippen LogP contribution in [0.4, 0.5) is 5.69 Å². The maximum atomic E-state index is 12.5. The number of hydrogen-bond donors (Lipinski definition) is 2. The fourth-order valence-electron chi connectivity index (χ4n) is 2.14. The van der Waals surface area contributed by atoms with E-state index in [4.69, 9.17) is 0 Å². The molecule has 1 aromatic rings. The van der Waals surface area contributed by atoms with Gasteiger partial charge in [-0.1, -0.05) is 13.8 Å². The summed E-state index contributed by atoms with van der Waals surface area (Å²) < 4.78 is 0. The summed E-state index contributed by atoms with van der Waals surface area (Å²) >= 11 is 0. The van der Waals surface area contributed by atoms with Crippen molar-refractivity contribution < 1.29 is 4.79 Å². The average molecular weight is 292 g/mol. The minimum absolute atomic E-state index is 0.186. The van der Waals surface area contributed by atoms with Gasteiger partial charge in [0.05, 0.1) is 11.9 Å². The van der Waals surface area contributed by atoms with E-state index in [0.717, 1.165) is 26.2 Å². The Morgan fingerprint density at radius 1 is 1.29 bits per heavy atom. The van der Waals surface area contributed by atoms with Crippen LogP contribution in [0.25, 0.3) is 0 Å². The van der Waals surface area contributed by atoms with E-state index in [2.05, 4.69) is 32.7 Å². The molecule has 21 heavy (non-hydrogen) atoms. The van der Waals surface area contributed by atoms with Crippen LogP contribution >= 0.6 is 0 Å². The summed E-state index contributed by atoms with van der Waals surface area (Å²) in [4.78, 5) is 23.4. The molecule has 1 aliphatic heterocycles. The number of nitrogens with one attached hydrogen (secondary N) is 2. The van der Waals surface area contributed by atoms with Gasteiger partial charge < -0.3 is 10.2 Å². The summed E-state index contributed by atoms with van der Waals surface area (Å²) in [6.07, 6.45) is 1.67. The van der Waals surface area contributed by atoms with Crippen LogP contribution in [0.2, 0.25) is 0 Å². The first-order chi connectivity index (χ1) is 10.0. The third-order valence-electron chi connectivity index (χ3n) is 3.57. The molecule has 2 N–H and O–H groups in total. The summed E-state index contributed by atoms with van der Waals surface area (Å²) in [5.41, 5.74) is 3.98. The number of hydrogen-bond acceptors (Lipinski definition) is 6. The van der Waals surface area contributed by atoms with E-state index in [9.17, 15) is 4.79 Å². The van der Waals surface area contributed by atoms with E-state index in [1.165, 1.54) is 0 Å². The lowest BCUT2D eigenvalue weighted by Gasteiger charge is -2.32. The molecule has 1 fully saturated rings. The monoisotopic (exact) mass is 292 g/mol. The Bertz CT molecular complexity index is 496. The number of rotatable bonds is 4. The van der Waals surface area contributed by atoms with Crippen LogP contribution in [0.5, 0.6) is 0 Å². The first kappa shape index (κ1) is 15.7. The van der Waals surface area contributed by atoms with Crippen molar-refractivity contribution in [2.75, 3.05) is 45.6 Å². The molecule has 7 nitrogen and oxygen atoms in total. The van der Waals surface area contributed by atoms with Gasteiger partial charge in [-0.25, -0.2) is 15.0 Å². The van der Waals surface area contributed by atoms with Crippen molar-refractivity contribution in [2.45, 2.75) is 19.8 Å². The van der Waals surface area contributed by atoms with Gasteiger partial charge in [0.1, 0.15) is 5.82 Å². The van der Waals surface area contributed by atoms with E-state index >= 15 is 0 Å². The van der Waals surface area contributed by atoms with E-state index in [-0.39, 0.29) is 11.8 Å². The normalized spacial score (nSPS) is 17.0. The maximum Gasteiger partial charge on any atom is 0.286 e. The zero-order chi connectivity index (χ0) is 15.4. The first-order valence-electron chi connectivity index (χ1n) is 7.30. The third kappa shape index (κ3) is 3.89. The number of hydrazine groups is 1. The molecule has 0 saturated carbocycles. The number of amides is 1. The van der Waals surface area contributed by atoms with Crippen molar-refractivity contribution in [3.05, 3.63) is 17.7 Å². The second-order valence-electron chi connectivity index (χ2n) is 5.63. The average Bonchev–Trinajstić information content (AvgIpc) is 2.48. The molecule has 0 bridgehead atoms. The zero-order valence-corrected chi connectivity index (χ0v) is 13.2. The molecular formula is C14H24N6O. The van der Waals surface area contributed by atoms with Gasteiger partial charge in [0, 0.05) is 39.1 Å². The van der Waals surface area contributed by atoms with Crippen LogP contribution in [0.15, 0.2) is 6.20 Å². The van der Waals surface area contributed by atoms with Crippen molar-refractivity contribution >= 4 is 11.6 Å². The first-order valence-corrected chi connectivity index (χ1v) is 7.30. The van der Waals surface area contributed by atoms with E-state index in [1.54, 1.807) is 13.2 Å². The van der Waals surface area contributed by atoms with Crippen molar-refractivity contribution in [3.8, 4) is 0 Å². The van der Waals surface area contributed by atoms with Gasteiger partial charge in [0.15, 0.2) is 5.69 Å². The van der Waals surface area contributed by atoms with Gasteiger partial charge in [-0.3, -0.25) is 10.2 Å². The van der Waals surface area contributed by atoms with Crippen LogP contribution in [-0.2, 0) is 0 Å². The Hall–Kier alpha value is -1.73. The number of carbonyl (C=O) groups is 1. The molecule has 0 unspecified atom stereocenters. The number of aromatic nitrogens is 2. The summed E-state index contributed by atoms with van der Waals surface area (Å²) in [6, 6.07) is 0. The zero-order valence-electron chi connectivity index (χ0n) is 13.2. The lowest BCUT2D eigenvalue weighted by Crippen LogP contribution is -2.52. The fraction of sp³-hybridized carbons (Fsp3) is 0.643. The molecule has 0 spiro atoms. The summed E-state index contributed by atoms with van der Waals surface area (Å²) in [7, 11) is 3.85. The van der Waals surface area contributed by atoms with E-state index < -0.39 is 0 Å². The Balaban J connectivity index is 2.12. The lowest BCUT2D eigenvalue weighted by molar-refractivity contribution is 0.0658.